The molecule has 0 aliphatic carbocycles. The molecular weight excluding hydrogens is 759 g/mol. The molecule has 0 amide bonds. The van der Waals surface area contributed by atoms with Crippen molar-refractivity contribution >= 4 is 20.7 Å². The van der Waals surface area contributed by atoms with E-state index in [4.69, 9.17) is 32.7 Å². The largest absolute Gasteiger partial charge is 0.497 e. The van der Waals surface area contributed by atoms with Gasteiger partial charge in [-0.1, -0.05) is 54.6 Å². The lowest BCUT2D eigenvalue weighted by molar-refractivity contribution is -0.0957. The Morgan fingerprint density at radius 2 is 1.48 bits per heavy atom. The second-order valence-electron chi connectivity index (χ2n) is 14.4. The van der Waals surface area contributed by atoms with Crippen molar-refractivity contribution in [2.45, 2.75) is 76.3 Å². The SMILES string of the molecule is COc1ccc(C(OC[C@H]2O[C@@H](n3ccc(N=CN(C)C)nc3=O)[C@H](OC)[C@@H]2OP(OCCC#N)N(C(C)C)C(C)C)(c2ccccc2)c2ccc(OC)cc2)cc1. The molecule has 1 fully saturated rings. The van der Waals surface area contributed by atoms with E-state index in [0.717, 1.165) is 16.7 Å². The number of nitriles is 1. The molecule has 2 heterocycles. The lowest BCUT2D eigenvalue weighted by Gasteiger charge is -2.39. The number of benzene rings is 3. The first-order valence-electron chi connectivity index (χ1n) is 19.2. The van der Waals surface area contributed by atoms with Gasteiger partial charge in [0.2, 0.25) is 0 Å². The predicted molar refractivity (Wildman–Crippen MR) is 223 cm³/mol. The number of rotatable bonds is 20. The number of aromatic nitrogens is 2. The highest BCUT2D eigenvalue weighted by Crippen LogP contribution is 2.51. The molecule has 0 radical (unpaired) electrons. The molecular formula is C43H55N6O8P. The molecule has 0 spiro atoms. The first-order valence-corrected chi connectivity index (χ1v) is 20.3. The third-order valence-corrected chi connectivity index (χ3v) is 11.7. The van der Waals surface area contributed by atoms with Crippen molar-refractivity contribution in [3.05, 3.63) is 118 Å². The first-order chi connectivity index (χ1) is 28.0. The number of ether oxygens (including phenoxy) is 5. The standard InChI is InChI=1S/C43H55N6O8P/c1-30(2)49(31(3)4)58(55-27-13-25-44)57-39-37(56-41(40(39)53-9)48-26-24-38(46-42(48)50)45-29-47(5)6)28-54-43(32-14-11-10-12-15-32,33-16-20-35(51-7)21-17-33)34-18-22-36(52-8)23-19-34/h10-12,14-24,26,29-31,37,39-41H,13,27-28H2,1-9H3/t37-,39-,40-,41-,58?/m1/s1. The molecule has 0 bridgehead atoms. The van der Waals surface area contributed by atoms with Crippen molar-refractivity contribution in [3.63, 3.8) is 0 Å². The van der Waals surface area contributed by atoms with E-state index >= 15 is 0 Å². The van der Waals surface area contributed by atoms with E-state index in [-0.39, 0.29) is 37.5 Å². The second kappa shape index (κ2) is 20.8. The summed E-state index contributed by atoms with van der Waals surface area (Å²) in [5.41, 5.74) is 0.788. The van der Waals surface area contributed by atoms with Crippen LogP contribution in [-0.4, -0.2) is 104 Å². The van der Waals surface area contributed by atoms with E-state index < -0.39 is 44.4 Å². The lowest BCUT2D eigenvalue weighted by atomic mass is 9.80. The summed E-state index contributed by atoms with van der Waals surface area (Å²) in [4.78, 5) is 24.0. The summed E-state index contributed by atoms with van der Waals surface area (Å²) in [6, 6.07) is 29.3. The van der Waals surface area contributed by atoms with Crippen molar-refractivity contribution in [1.82, 2.24) is 19.1 Å². The van der Waals surface area contributed by atoms with Crippen LogP contribution in [0, 0.1) is 11.3 Å². The Hall–Kier alpha value is -4.71. The van der Waals surface area contributed by atoms with Crippen LogP contribution in [0.5, 0.6) is 11.5 Å². The summed E-state index contributed by atoms with van der Waals surface area (Å²) in [7, 11) is 6.71. The van der Waals surface area contributed by atoms with Crippen LogP contribution in [0.2, 0.25) is 0 Å². The van der Waals surface area contributed by atoms with E-state index in [1.54, 1.807) is 44.8 Å². The van der Waals surface area contributed by atoms with E-state index in [1.165, 1.54) is 4.57 Å². The summed E-state index contributed by atoms with van der Waals surface area (Å²) in [6.45, 7) is 8.41. The molecule has 1 aliphatic heterocycles. The number of hydrogen-bond acceptors (Lipinski definition) is 12. The minimum Gasteiger partial charge on any atom is -0.497 e. The number of nitrogens with zero attached hydrogens (tertiary/aromatic N) is 6. The number of methoxy groups -OCH3 is 3. The summed E-state index contributed by atoms with van der Waals surface area (Å²) in [6.07, 6.45) is -0.0572. The van der Waals surface area contributed by atoms with Crippen molar-refractivity contribution in [1.29, 1.82) is 5.26 Å². The molecule has 4 aromatic rings. The average Bonchev–Trinajstić information content (AvgIpc) is 3.57. The molecule has 1 saturated heterocycles. The van der Waals surface area contributed by atoms with Gasteiger partial charge in [-0.25, -0.2) is 14.5 Å². The van der Waals surface area contributed by atoms with Gasteiger partial charge in [-0.15, -0.1) is 0 Å². The zero-order valence-electron chi connectivity index (χ0n) is 34.7. The van der Waals surface area contributed by atoms with Crippen LogP contribution in [0.25, 0.3) is 0 Å². The van der Waals surface area contributed by atoms with Crippen molar-refractivity contribution in [2.24, 2.45) is 4.99 Å². The average molecular weight is 815 g/mol. The monoisotopic (exact) mass is 814 g/mol. The van der Waals surface area contributed by atoms with Crippen molar-refractivity contribution in [3.8, 4) is 17.6 Å². The minimum atomic E-state index is -1.77. The number of hydrogen-bond donors (Lipinski definition) is 0. The highest BCUT2D eigenvalue weighted by Gasteiger charge is 2.51. The summed E-state index contributed by atoms with van der Waals surface area (Å²) in [5.74, 6) is 1.64. The fraction of sp³-hybridized carbons (Fsp3) is 0.442. The predicted octanol–water partition coefficient (Wildman–Crippen LogP) is 7.06. The van der Waals surface area contributed by atoms with Crippen LogP contribution in [0.15, 0.2) is 101 Å². The third kappa shape index (κ3) is 10.3. The molecule has 15 heteroatoms. The van der Waals surface area contributed by atoms with Gasteiger partial charge in [0.15, 0.2) is 12.0 Å². The summed E-state index contributed by atoms with van der Waals surface area (Å²) < 4.78 is 48.3. The van der Waals surface area contributed by atoms with Crippen LogP contribution >= 0.6 is 8.53 Å². The van der Waals surface area contributed by atoms with E-state index in [2.05, 4.69) is 48.4 Å². The Bertz CT molecular complexity index is 1950. The summed E-state index contributed by atoms with van der Waals surface area (Å²) >= 11 is 0. The molecule has 1 unspecified atom stereocenters. The fourth-order valence-corrected chi connectivity index (χ4v) is 8.74. The third-order valence-electron chi connectivity index (χ3n) is 9.58. The van der Waals surface area contributed by atoms with Crippen LogP contribution in [0.3, 0.4) is 0 Å². The van der Waals surface area contributed by atoms with Gasteiger partial charge >= 0.3 is 5.69 Å². The molecule has 14 nitrogen and oxygen atoms in total. The Balaban J connectivity index is 1.64. The van der Waals surface area contributed by atoms with E-state index in [1.807, 2.05) is 93.0 Å². The molecule has 1 aliphatic rings. The van der Waals surface area contributed by atoms with Gasteiger partial charge in [-0.2, -0.15) is 10.2 Å². The zero-order chi connectivity index (χ0) is 41.8. The molecule has 5 rings (SSSR count). The quantitative estimate of drug-likeness (QED) is 0.0296. The van der Waals surface area contributed by atoms with Gasteiger partial charge in [-0.05, 0) is 74.7 Å². The maximum Gasteiger partial charge on any atom is 0.351 e. The maximum atomic E-state index is 13.7. The fourth-order valence-electron chi connectivity index (χ4n) is 6.97. The second-order valence-corrected chi connectivity index (χ2v) is 15.8. The van der Waals surface area contributed by atoms with Crippen LogP contribution in [-0.2, 0) is 28.9 Å². The van der Waals surface area contributed by atoms with Crippen LogP contribution < -0.4 is 15.2 Å². The molecule has 310 valence electrons. The summed E-state index contributed by atoms with van der Waals surface area (Å²) in [5, 5.41) is 9.40. The highest BCUT2D eigenvalue weighted by molar-refractivity contribution is 7.44. The van der Waals surface area contributed by atoms with Gasteiger partial charge in [0.25, 0.3) is 8.53 Å². The topological polar surface area (TPSA) is 142 Å². The van der Waals surface area contributed by atoms with E-state index in [0.29, 0.717) is 11.5 Å². The van der Waals surface area contributed by atoms with Gasteiger partial charge in [0, 0.05) is 39.5 Å². The maximum absolute atomic E-state index is 13.7. The molecule has 0 saturated carbocycles. The van der Waals surface area contributed by atoms with E-state index in [9.17, 15) is 10.1 Å². The lowest BCUT2D eigenvalue weighted by Crippen LogP contribution is -2.43. The molecule has 3 aromatic carbocycles. The van der Waals surface area contributed by atoms with Gasteiger partial charge in [0.1, 0.15) is 35.4 Å². The van der Waals surface area contributed by atoms with Crippen LogP contribution in [0.1, 0.15) is 57.0 Å². The first kappa shape index (κ1) is 44.4. The smallest absolute Gasteiger partial charge is 0.351 e. The van der Waals surface area contributed by atoms with Gasteiger partial charge in [0.05, 0.1) is 46.3 Å². The van der Waals surface area contributed by atoms with Gasteiger partial charge < -0.3 is 37.6 Å². The normalized spacial score (nSPS) is 18.9. The molecule has 5 atom stereocenters. The van der Waals surface area contributed by atoms with Gasteiger partial charge in [-0.3, -0.25) is 4.57 Å². The molecule has 1 aromatic heterocycles. The zero-order valence-corrected chi connectivity index (χ0v) is 35.6. The Morgan fingerprint density at radius 3 is 1.98 bits per heavy atom. The molecule has 58 heavy (non-hydrogen) atoms. The van der Waals surface area contributed by atoms with Crippen molar-refractivity contribution < 1.29 is 32.7 Å². The molecule has 0 N–H and O–H groups in total. The minimum absolute atomic E-state index is 0.0217. The Morgan fingerprint density at radius 1 is 0.897 bits per heavy atom. The Labute approximate surface area is 342 Å². The Kier molecular flexibility index (Phi) is 15.9. The van der Waals surface area contributed by atoms with Crippen molar-refractivity contribution in [2.75, 3.05) is 48.6 Å². The highest BCUT2D eigenvalue weighted by atomic mass is 31.2. The number of aliphatic imine (C=N–C) groups is 1. The van der Waals surface area contributed by atoms with Crippen LogP contribution in [0.4, 0.5) is 5.82 Å².